The van der Waals surface area contributed by atoms with Gasteiger partial charge in [0.1, 0.15) is 0 Å². The number of likely N-dealkylation sites (tertiary alicyclic amines) is 1. The van der Waals surface area contributed by atoms with Crippen LogP contribution in [0.15, 0.2) is 47.8 Å². The molecule has 128 valence electrons. The molecule has 3 rings (SSSR count). The second-order valence-corrected chi connectivity index (χ2v) is 7.57. The fraction of sp³-hybridized carbons (Fsp3) is 0.450. The standard InChI is InChI=1S/C20H26N2OS/c23-20(10-4-8-19-9-5-15-24-19)21-18-11-13-22(14-12-18)16-17-6-2-1-3-7-17/h1-3,5-7,9,15,18H,4,8,10-14,16H2,(H,21,23). The maximum atomic E-state index is 12.1. The fourth-order valence-corrected chi connectivity index (χ4v) is 4.01. The monoisotopic (exact) mass is 342 g/mol. The molecule has 0 radical (unpaired) electrons. The van der Waals surface area contributed by atoms with Gasteiger partial charge in [-0.1, -0.05) is 36.4 Å². The van der Waals surface area contributed by atoms with Crippen molar-refractivity contribution in [1.82, 2.24) is 10.2 Å². The van der Waals surface area contributed by atoms with Crippen LogP contribution in [-0.4, -0.2) is 29.9 Å². The minimum absolute atomic E-state index is 0.216. The number of piperidine rings is 1. The molecule has 1 aromatic carbocycles. The molecule has 0 spiro atoms. The number of nitrogens with zero attached hydrogens (tertiary/aromatic N) is 1. The van der Waals surface area contributed by atoms with Gasteiger partial charge >= 0.3 is 0 Å². The topological polar surface area (TPSA) is 32.3 Å². The lowest BCUT2D eigenvalue weighted by Gasteiger charge is -2.32. The van der Waals surface area contributed by atoms with Gasteiger partial charge in [-0.25, -0.2) is 0 Å². The van der Waals surface area contributed by atoms with Crippen molar-refractivity contribution >= 4 is 17.2 Å². The fourth-order valence-electron chi connectivity index (χ4n) is 3.25. The Labute approximate surface area is 148 Å². The molecule has 1 fully saturated rings. The molecule has 4 heteroatoms. The van der Waals surface area contributed by atoms with E-state index in [1.807, 2.05) is 0 Å². The van der Waals surface area contributed by atoms with Crippen molar-refractivity contribution in [2.75, 3.05) is 13.1 Å². The zero-order chi connectivity index (χ0) is 16.6. The molecule has 2 aromatic rings. The lowest BCUT2D eigenvalue weighted by atomic mass is 10.0. The number of hydrogen-bond donors (Lipinski definition) is 1. The molecule has 3 nitrogen and oxygen atoms in total. The highest BCUT2D eigenvalue weighted by atomic mass is 32.1. The van der Waals surface area contributed by atoms with Crippen LogP contribution in [0.2, 0.25) is 0 Å². The molecule has 0 atom stereocenters. The second-order valence-electron chi connectivity index (χ2n) is 6.54. The van der Waals surface area contributed by atoms with E-state index in [0.29, 0.717) is 12.5 Å². The van der Waals surface area contributed by atoms with Crippen LogP contribution in [0, 0.1) is 0 Å². The van der Waals surface area contributed by atoms with Gasteiger partial charge in [0.15, 0.2) is 0 Å². The molecule has 1 aliphatic rings. The van der Waals surface area contributed by atoms with E-state index in [1.54, 1.807) is 11.3 Å². The van der Waals surface area contributed by atoms with E-state index >= 15 is 0 Å². The minimum atomic E-state index is 0.216. The molecule has 0 bridgehead atoms. The van der Waals surface area contributed by atoms with E-state index in [-0.39, 0.29) is 5.91 Å². The average Bonchev–Trinajstić information content (AvgIpc) is 3.11. The normalized spacial score (nSPS) is 16.2. The van der Waals surface area contributed by atoms with Crippen molar-refractivity contribution in [2.24, 2.45) is 0 Å². The Bertz CT molecular complexity index is 604. The van der Waals surface area contributed by atoms with Crippen molar-refractivity contribution in [1.29, 1.82) is 0 Å². The highest BCUT2D eigenvalue weighted by Crippen LogP contribution is 2.15. The quantitative estimate of drug-likeness (QED) is 0.829. The number of aryl methyl sites for hydroxylation is 1. The highest BCUT2D eigenvalue weighted by molar-refractivity contribution is 7.09. The third kappa shape index (κ3) is 5.46. The lowest BCUT2D eigenvalue weighted by molar-refractivity contribution is -0.122. The van der Waals surface area contributed by atoms with E-state index in [2.05, 4.69) is 58.1 Å². The lowest BCUT2D eigenvalue weighted by Crippen LogP contribution is -2.44. The Morgan fingerprint density at radius 3 is 2.62 bits per heavy atom. The predicted molar refractivity (Wildman–Crippen MR) is 100 cm³/mol. The number of thiophene rings is 1. The summed E-state index contributed by atoms with van der Waals surface area (Å²) in [7, 11) is 0. The Kier molecular flexibility index (Phi) is 6.44. The molecule has 1 aromatic heterocycles. The van der Waals surface area contributed by atoms with Gasteiger partial charge in [0, 0.05) is 37.0 Å². The van der Waals surface area contributed by atoms with Crippen molar-refractivity contribution in [2.45, 2.75) is 44.7 Å². The average molecular weight is 343 g/mol. The third-order valence-corrected chi connectivity index (χ3v) is 5.54. The van der Waals surface area contributed by atoms with E-state index in [1.165, 1.54) is 10.4 Å². The first-order valence-corrected chi connectivity index (χ1v) is 9.75. The second kappa shape index (κ2) is 9.00. The first kappa shape index (κ1) is 17.2. The van der Waals surface area contributed by atoms with Crippen LogP contribution in [0.5, 0.6) is 0 Å². The van der Waals surface area contributed by atoms with Crippen LogP contribution < -0.4 is 5.32 Å². The first-order chi connectivity index (χ1) is 11.8. The van der Waals surface area contributed by atoms with Gasteiger partial charge in [0.05, 0.1) is 0 Å². The molecule has 2 heterocycles. The first-order valence-electron chi connectivity index (χ1n) is 8.87. The summed E-state index contributed by atoms with van der Waals surface area (Å²) in [6.45, 7) is 3.15. The summed E-state index contributed by atoms with van der Waals surface area (Å²) in [6, 6.07) is 15.2. The zero-order valence-electron chi connectivity index (χ0n) is 14.1. The number of carbonyl (C=O) groups excluding carboxylic acids is 1. The Hall–Kier alpha value is -1.65. The molecular weight excluding hydrogens is 316 g/mol. The van der Waals surface area contributed by atoms with Gasteiger partial charge in [-0.05, 0) is 42.7 Å². The number of carbonyl (C=O) groups is 1. The smallest absolute Gasteiger partial charge is 0.220 e. The molecule has 1 N–H and O–H groups in total. The maximum absolute atomic E-state index is 12.1. The van der Waals surface area contributed by atoms with Crippen molar-refractivity contribution in [3.8, 4) is 0 Å². The number of nitrogens with one attached hydrogen (secondary N) is 1. The molecule has 0 saturated carbocycles. The number of rotatable bonds is 7. The van der Waals surface area contributed by atoms with E-state index in [0.717, 1.165) is 45.3 Å². The highest BCUT2D eigenvalue weighted by Gasteiger charge is 2.20. The molecule has 1 aliphatic heterocycles. The summed E-state index contributed by atoms with van der Waals surface area (Å²) in [5.74, 6) is 0.216. The SMILES string of the molecule is O=C(CCCc1cccs1)NC1CCN(Cc2ccccc2)CC1. The van der Waals surface area contributed by atoms with Gasteiger partial charge < -0.3 is 5.32 Å². The van der Waals surface area contributed by atoms with Gasteiger partial charge in [0.2, 0.25) is 5.91 Å². The zero-order valence-corrected chi connectivity index (χ0v) is 14.9. The van der Waals surface area contributed by atoms with E-state index in [9.17, 15) is 4.79 Å². The summed E-state index contributed by atoms with van der Waals surface area (Å²) in [4.78, 5) is 15.9. The molecule has 0 aliphatic carbocycles. The number of hydrogen-bond acceptors (Lipinski definition) is 3. The van der Waals surface area contributed by atoms with E-state index < -0.39 is 0 Å². The van der Waals surface area contributed by atoms with Gasteiger partial charge in [-0.15, -0.1) is 11.3 Å². The summed E-state index contributed by atoms with van der Waals surface area (Å²) >= 11 is 1.77. The van der Waals surface area contributed by atoms with Gasteiger partial charge in [-0.3, -0.25) is 9.69 Å². The van der Waals surface area contributed by atoms with Crippen molar-refractivity contribution in [3.05, 3.63) is 58.3 Å². The Morgan fingerprint density at radius 2 is 1.92 bits per heavy atom. The van der Waals surface area contributed by atoms with Crippen LogP contribution in [0.25, 0.3) is 0 Å². The van der Waals surface area contributed by atoms with Crippen LogP contribution in [0.4, 0.5) is 0 Å². The summed E-state index contributed by atoms with van der Waals surface area (Å²) in [6.07, 6.45) is 4.72. The molecular formula is C20H26N2OS. The van der Waals surface area contributed by atoms with Gasteiger partial charge in [-0.2, -0.15) is 0 Å². The maximum Gasteiger partial charge on any atom is 0.220 e. The van der Waals surface area contributed by atoms with Crippen LogP contribution in [0.3, 0.4) is 0 Å². The number of benzene rings is 1. The van der Waals surface area contributed by atoms with Crippen LogP contribution in [0.1, 0.15) is 36.1 Å². The Balaban J connectivity index is 1.32. The summed E-state index contributed by atoms with van der Waals surface area (Å²) < 4.78 is 0. The predicted octanol–water partition coefficient (Wildman–Crippen LogP) is 3.85. The van der Waals surface area contributed by atoms with E-state index in [4.69, 9.17) is 0 Å². The minimum Gasteiger partial charge on any atom is -0.353 e. The molecule has 1 saturated heterocycles. The molecule has 0 unspecified atom stereocenters. The van der Waals surface area contributed by atoms with Crippen LogP contribution >= 0.6 is 11.3 Å². The summed E-state index contributed by atoms with van der Waals surface area (Å²) in [5, 5.41) is 5.32. The molecule has 1 amide bonds. The third-order valence-electron chi connectivity index (χ3n) is 4.61. The van der Waals surface area contributed by atoms with Gasteiger partial charge in [0.25, 0.3) is 0 Å². The largest absolute Gasteiger partial charge is 0.353 e. The Morgan fingerprint density at radius 1 is 1.12 bits per heavy atom. The molecule has 24 heavy (non-hydrogen) atoms. The van der Waals surface area contributed by atoms with Crippen molar-refractivity contribution in [3.63, 3.8) is 0 Å². The van der Waals surface area contributed by atoms with Crippen molar-refractivity contribution < 1.29 is 4.79 Å². The van der Waals surface area contributed by atoms with Crippen LogP contribution in [-0.2, 0) is 17.8 Å². The summed E-state index contributed by atoms with van der Waals surface area (Å²) in [5.41, 5.74) is 1.37. The number of amides is 1.